The average molecular weight is 335 g/mol. The fraction of sp³-hybridized carbons (Fsp3) is 0.385. The standard InChI is InChI=1S/C13H13N5O6/c1-2-3-17-7-8(15-12(14)16-9(7)20)18(13(17)23)10-5(19)4-6(24-10)11(21)22/h1,5-6,10,19H,3-4H2,(H,21,22)(H3,14,15,16,20). The number of nitrogens with two attached hydrogens (primary N) is 1. The number of aromatic nitrogens is 4. The summed E-state index contributed by atoms with van der Waals surface area (Å²) in [5.74, 6) is 0.717. The molecular formula is C13H13N5O6. The van der Waals surface area contributed by atoms with E-state index in [1.54, 1.807) is 0 Å². The van der Waals surface area contributed by atoms with Crippen molar-refractivity contribution in [2.24, 2.45) is 0 Å². The predicted molar refractivity (Wildman–Crippen MR) is 80.0 cm³/mol. The number of aromatic amines is 1. The molecule has 0 aliphatic carbocycles. The van der Waals surface area contributed by atoms with Gasteiger partial charge in [-0.05, 0) is 0 Å². The highest BCUT2D eigenvalue weighted by molar-refractivity contribution is 5.73. The van der Waals surface area contributed by atoms with Crippen LogP contribution in [0.1, 0.15) is 12.6 Å². The van der Waals surface area contributed by atoms with E-state index >= 15 is 0 Å². The number of aliphatic hydroxyl groups is 1. The maximum absolute atomic E-state index is 12.6. The number of hydrogen-bond acceptors (Lipinski definition) is 7. The van der Waals surface area contributed by atoms with E-state index in [2.05, 4.69) is 15.9 Å². The molecule has 11 heteroatoms. The van der Waals surface area contributed by atoms with Crippen molar-refractivity contribution in [3.8, 4) is 12.3 Å². The second-order valence-corrected chi connectivity index (χ2v) is 5.22. The van der Waals surface area contributed by atoms with Crippen LogP contribution in [0.2, 0.25) is 0 Å². The van der Waals surface area contributed by atoms with Gasteiger partial charge in [-0.15, -0.1) is 6.42 Å². The Balaban J connectivity index is 2.27. The van der Waals surface area contributed by atoms with Gasteiger partial charge in [-0.1, -0.05) is 5.92 Å². The Morgan fingerprint density at radius 1 is 1.54 bits per heavy atom. The first-order valence-electron chi connectivity index (χ1n) is 6.85. The maximum atomic E-state index is 12.6. The topological polar surface area (TPSA) is 165 Å². The van der Waals surface area contributed by atoms with Gasteiger partial charge >= 0.3 is 11.7 Å². The van der Waals surface area contributed by atoms with Gasteiger partial charge in [0.1, 0.15) is 6.10 Å². The smallest absolute Gasteiger partial charge is 0.333 e. The number of terminal acetylenes is 1. The molecule has 0 amide bonds. The molecule has 1 saturated heterocycles. The van der Waals surface area contributed by atoms with E-state index in [9.17, 15) is 19.5 Å². The van der Waals surface area contributed by atoms with Crippen molar-refractivity contribution in [3.05, 3.63) is 20.8 Å². The minimum Gasteiger partial charge on any atom is -0.479 e. The molecule has 24 heavy (non-hydrogen) atoms. The van der Waals surface area contributed by atoms with Crippen LogP contribution < -0.4 is 17.0 Å². The van der Waals surface area contributed by atoms with Gasteiger partial charge in [0.15, 0.2) is 23.5 Å². The molecule has 3 heterocycles. The Hall–Kier alpha value is -3.10. The molecule has 2 aromatic rings. The fourth-order valence-corrected chi connectivity index (χ4v) is 2.71. The third kappa shape index (κ3) is 2.25. The summed E-state index contributed by atoms with van der Waals surface area (Å²) in [7, 11) is 0. The van der Waals surface area contributed by atoms with Crippen LogP contribution in [0, 0.1) is 12.3 Å². The number of carboxylic acids is 1. The third-order valence-electron chi connectivity index (χ3n) is 3.70. The Bertz CT molecular complexity index is 980. The number of nitrogens with zero attached hydrogens (tertiary/aromatic N) is 3. The molecule has 5 N–H and O–H groups in total. The Kier molecular flexibility index (Phi) is 3.63. The van der Waals surface area contributed by atoms with E-state index in [0.29, 0.717) is 0 Å². The first-order chi connectivity index (χ1) is 11.3. The highest BCUT2D eigenvalue weighted by Crippen LogP contribution is 2.29. The number of anilines is 1. The summed E-state index contributed by atoms with van der Waals surface area (Å²) in [6, 6.07) is 0. The molecule has 2 aromatic heterocycles. The van der Waals surface area contributed by atoms with Gasteiger partial charge in [-0.3, -0.25) is 14.3 Å². The van der Waals surface area contributed by atoms with Crippen LogP contribution in [0.25, 0.3) is 11.2 Å². The van der Waals surface area contributed by atoms with Gasteiger partial charge in [0, 0.05) is 6.42 Å². The summed E-state index contributed by atoms with van der Waals surface area (Å²) in [6.45, 7) is -0.220. The van der Waals surface area contributed by atoms with Crippen molar-refractivity contribution in [2.75, 3.05) is 5.73 Å². The van der Waals surface area contributed by atoms with E-state index in [0.717, 1.165) is 9.13 Å². The zero-order chi connectivity index (χ0) is 17.6. The van der Waals surface area contributed by atoms with Crippen molar-refractivity contribution in [3.63, 3.8) is 0 Å². The summed E-state index contributed by atoms with van der Waals surface area (Å²) in [4.78, 5) is 41.9. The first-order valence-corrected chi connectivity index (χ1v) is 6.85. The molecule has 1 aliphatic heterocycles. The number of carbonyl (C=O) groups is 1. The average Bonchev–Trinajstić information content (AvgIpc) is 2.99. The molecule has 11 nitrogen and oxygen atoms in total. The summed E-state index contributed by atoms with van der Waals surface area (Å²) in [5, 5.41) is 19.1. The summed E-state index contributed by atoms with van der Waals surface area (Å²) >= 11 is 0. The number of H-pyrrole nitrogens is 1. The predicted octanol–water partition coefficient (Wildman–Crippen LogP) is -2.17. The molecule has 0 bridgehead atoms. The monoisotopic (exact) mass is 335 g/mol. The Morgan fingerprint density at radius 2 is 2.25 bits per heavy atom. The van der Waals surface area contributed by atoms with Gasteiger partial charge in [0.25, 0.3) is 5.56 Å². The van der Waals surface area contributed by atoms with Gasteiger partial charge in [0.2, 0.25) is 5.95 Å². The van der Waals surface area contributed by atoms with Crippen molar-refractivity contribution < 1.29 is 19.7 Å². The summed E-state index contributed by atoms with van der Waals surface area (Å²) in [5.41, 5.74) is 3.77. The summed E-state index contributed by atoms with van der Waals surface area (Å²) in [6.07, 6.45) is 1.11. The molecule has 1 aliphatic rings. The molecule has 3 unspecified atom stereocenters. The minimum atomic E-state index is -1.33. The number of ether oxygens (including phenoxy) is 1. The van der Waals surface area contributed by atoms with Crippen LogP contribution in [0.5, 0.6) is 0 Å². The number of aliphatic carboxylic acids is 1. The quantitative estimate of drug-likeness (QED) is 0.460. The largest absolute Gasteiger partial charge is 0.479 e. The zero-order valence-electron chi connectivity index (χ0n) is 12.2. The Morgan fingerprint density at radius 3 is 2.83 bits per heavy atom. The molecule has 3 rings (SSSR count). The lowest BCUT2D eigenvalue weighted by Crippen LogP contribution is -2.32. The number of nitrogen functional groups attached to an aromatic ring is 1. The lowest BCUT2D eigenvalue weighted by Gasteiger charge is -2.15. The summed E-state index contributed by atoms with van der Waals surface area (Å²) < 4.78 is 7.11. The van der Waals surface area contributed by atoms with Crippen LogP contribution in [0.3, 0.4) is 0 Å². The molecule has 0 radical (unpaired) electrons. The maximum Gasteiger partial charge on any atom is 0.333 e. The van der Waals surface area contributed by atoms with E-state index in [1.807, 2.05) is 0 Å². The zero-order valence-corrected chi connectivity index (χ0v) is 12.2. The molecule has 0 spiro atoms. The van der Waals surface area contributed by atoms with Crippen LogP contribution in [0.4, 0.5) is 5.95 Å². The van der Waals surface area contributed by atoms with E-state index in [-0.39, 0.29) is 30.1 Å². The van der Waals surface area contributed by atoms with Crippen molar-refractivity contribution in [1.82, 2.24) is 19.1 Å². The lowest BCUT2D eigenvalue weighted by molar-refractivity contribution is -0.151. The second kappa shape index (κ2) is 5.52. The normalized spacial score (nSPS) is 23.4. The SMILES string of the molecule is C#CCn1c(=O)n(C2OC(C(=O)O)CC2O)c2nc(N)[nH]c(=O)c21. The highest BCUT2D eigenvalue weighted by atomic mass is 16.6. The number of rotatable bonds is 3. The minimum absolute atomic E-state index is 0.137. The number of hydrogen-bond donors (Lipinski definition) is 4. The van der Waals surface area contributed by atoms with Crippen molar-refractivity contribution in [2.45, 2.75) is 31.4 Å². The number of carboxylic acid groups (broad SMARTS) is 1. The van der Waals surface area contributed by atoms with Crippen LogP contribution in [-0.4, -0.2) is 47.5 Å². The number of imidazole rings is 1. The number of fused-ring (bicyclic) bond motifs is 1. The third-order valence-corrected chi connectivity index (χ3v) is 3.70. The first kappa shape index (κ1) is 15.8. The Labute approximate surface area is 133 Å². The van der Waals surface area contributed by atoms with Crippen molar-refractivity contribution in [1.29, 1.82) is 0 Å². The molecule has 0 aromatic carbocycles. The van der Waals surface area contributed by atoms with Crippen molar-refractivity contribution >= 4 is 23.1 Å². The lowest BCUT2D eigenvalue weighted by atomic mass is 10.2. The van der Waals surface area contributed by atoms with Gasteiger partial charge in [0.05, 0.1) is 6.54 Å². The fourth-order valence-electron chi connectivity index (χ4n) is 2.71. The molecular weight excluding hydrogens is 322 g/mol. The van der Waals surface area contributed by atoms with Crippen LogP contribution in [0.15, 0.2) is 9.59 Å². The van der Waals surface area contributed by atoms with E-state index in [4.69, 9.17) is 22.0 Å². The van der Waals surface area contributed by atoms with Gasteiger partial charge < -0.3 is 20.7 Å². The number of nitrogens with one attached hydrogen (secondary N) is 1. The van der Waals surface area contributed by atoms with E-state index in [1.165, 1.54) is 0 Å². The van der Waals surface area contributed by atoms with Crippen LogP contribution >= 0.6 is 0 Å². The molecule has 0 saturated carbocycles. The molecule has 126 valence electrons. The second-order valence-electron chi connectivity index (χ2n) is 5.22. The van der Waals surface area contributed by atoms with Gasteiger partial charge in [-0.2, -0.15) is 4.98 Å². The van der Waals surface area contributed by atoms with Gasteiger partial charge in [-0.25, -0.2) is 14.2 Å². The van der Waals surface area contributed by atoms with E-state index < -0.39 is 35.7 Å². The number of aliphatic hydroxyl groups excluding tert-OH is 1. The molecule has 3 atom stereocenters. The molecule has 1 fully saturated rings. The highest BCUT2D eigenvalue weighted by Gasteiger charge is 2.41. The van der Waals surface area contributed by atoms with Crippen LogP contribution in [-0.2, 0) is 16.1 Å².